The number of aromatic nitrogens is 2. The van der Waals surface area contributed by atoms with Gasteiger partial charge in [-0.1, -0.05) is 24.6 Å². The number of hydrogen-bond acceptors (Lipinski definition) is 8. The van der Waals surface area contributed by atoms with E-state index in [1.54, 1.807) is 32.4 Å². The van der Waals surface area contributed by atoms with E-state index < -0.39 is 0 Å². The van der Waals surface area contributed by atoms with Crippen LogP contribution in [0.5, 0.6) is 11.5 Å². The molecule has 1 N–H and O–H groups in total. The summed E-state index contributed by atoms with van der Waals surface area (Å²) >= 11 is 1.19. The molecule has 0 aliphatic carbocycles. The Kier molecular flexibility index (Phi) is 7.72. The predicted molar refractivity (Wildman–Crippen MR) is 129 cm³/mol. The quantitative estimate of drug-likeness (QED) is 0.469. The lowest BCUT2D eigenvalue weighted by molar-refractivity contribution is -0.113. The Balaban J connectivity index is 1.31. The van der Waals surface area contributed by atoms with Crippen LogP contribution in [-0.2, 0) is 4.79 Å². The smallest absolute Gasteiger partial charge is 0.277 e. The monoisotopic (exact) mass is 468 g/mol. The second kappa shape index (κ2) is 11.1. The number of methoxy groups -OCH3 is 2. The molecule has 0 spiro atoms. The molecule has 2 aromatic carbocycles. The van der Waals surface area contributed by atoms with Crippen LogP contribution < -0.4 is 19.7 Å². The zero-order chi connectivity index (χ0) is 23.0. The van der Waals surface area contributed by atoms with E-state index in [4.69, 9.17) is 13.9 Å². The molecule has 0 radical (unpaired) electrons. The molecule has 174 valence electrons. The number of nitrogens with one attached hydrogen (secondary N) is 1. The van der Waals surface area contributed by atoms with E-state index in [0.29, 0.717) is 28.2 Å². The largest absolute Gasteiger partial charge is 0.497 e. The topological polar surface area (TPSA) is 89.7 Å². The molecule has 1 amide bonds. The summed E-state index contributed by atoms with van der Waals surface area (Å²) in [6.07, 6.45) is 5.08. The molecule has 0 unspecified atom stereocenters. The van der Waals surface area contributed by atoms with Crippen molar-refractivity contribution in [3.63, 3.8) is 0 Å². The van der Waals surface area contributed by atoms with Gasteiger partial charge >= 0.3 is 0 Å². The summed E-state index contributed by atoms with van der Waals surface area (Å²) in [5.74, 6) is 1.58. The fraction of sp³-hybridized carbons (Fsp3) is 0.375. The Morgan fingerprint density at radius 1 is 1.03 bits per heavy atom. The minimum Gasteiger partial charge on any atom is -0.497 e. The Morgan fingerprint density at radius 2 is 1.79 bits per heavy atom. The molecule has 8 nitrogen and oxygen atoms in total. The highest BCUT2D eigenvalue weighted by Gasteiger charge is 2.16. The number of thioether (sulfide) groups is 1. The molecule has 2 heterocycles. The molecule has 1 aliphatic rings. The summed E-state index contributed by atoms with van der Waals surface area (Å²) in [7, 11) is 3.15. The summed E-state index contributed by atoms with van der Waals surface area (Å²) in [6, 6.07) is 13.4. The standard InChI is InChI=1S/C24H28N4O4S/c1-30-19-11-12-20(21(15-19)31-2)23-26-27-24(32-23)33-16-22(29)25-17-7-9-18(10-8-17)28-13-5-3-4-6-14-28/h7-12,15H,3-6,13-14,16H2,1-2H3,(H,25,29). The number of hydrogen-bond donors (Lipinski definition) is 1. The fourth-order valence-corrected chi connectivity index (χ4v) is 4.32. The average molecular weight is 469 g/mol. The van der Waals surface area contributed by atoms with E-state index in [-0.39, 0.29) is 11.7 Å². The van der Waals surface area contributed by atoms with Crippen LogP contribution in [0.25, 0.3) is 11.5 Å². The highest BCUT2D eigenvalue weighted by molar-refractivity contribution is 7.99. The van der Waals surface area contributed by atoms with E-state index >= 15 is 0 Å². The summed E-state index contributed by atoms with van der Waals surface area (Å²) in [5, 5.41) is 11.3. The Bertz CT molecular complexity index is 1060. The second-order valence-corrected chi connectivity index (χ2v) is 8.65. The number of carbonyl (C=O) groups excluding carboxylic acids is 1. The minimum absolute atomic E-state index is 0.135. The third-order valence-corrected chi connectivity index (χ3v) is 6.31. The van der Waals surface area contributed by atoms with Gasteiger partial charge in [-0.05, 0) is 49.2 Å². The van der Waals surface area contributed by atoms with Gasteiger partial charge in [-0.3, -0.25) is 4.79 Å². The number of anilines is 2. The number of ether oxygens (including phenoxy) is 2. The van der Waals surface area contributed by atoms with E-state index in [9.17, 15) is 4.79 Å². The van der Waals surface area contributed by atoms with Crippen LogP contribution in [0.3, 0.4) is 0 Å². The summed E-state index contributed by atoms with van der Waals surface area (Å²) in [4.78, 5) is 14.8. The van der Waals surface area contributed by atoms with E-state index in [1.165, 1.54) is 43.1 Å². The van der Waals surface area contributed by atoms with Gasteiger partial charge in [-0.15, -0.1) is 10.2 Å². The highest BCUT2D eigenvalue weighted by Crippen LogP contribution is 2.33. The van der Waals surface area contributed by atoms with E-state index in [0.717, 1.165) is 18.8 Å². The van der Waals surface area contributed by atoms with Crippen molar-refractivity contribution in [1.82, 2.24) is 10.2 Å². The number of carbonyl (C=O) groups is 1. The number of benzene rings is 2. The van der Waals surface area contributed by atoms with Crippen LogP contribution >= 0.6 is 11.8 Å². The molecule has 33 heavy (non-hydrogen) atoms. The predicted octanol–water partition coefficient (Wildman–Crippen LogP) is 4.87. The lowest BCUT2D eigenvalue weighted by Crippen LogP contribution is -2.23. The van der Waals surface area contributed by atoms with Gasteiger partial charge in [-0.2, -0.15) is 0 Å². The summed E-state index contributed by atoms with van der Waals surface area (Å²) in [5.41, 5.74) is 2.64. The Labute approximate surface area is 197 Å². The van der Waals surface area contributed by atoms with Crippen molar-refractivity contribution >= 4 is 29.0 Å². The van der Waals surface area contributed by atoms with Crippen molar-refractivity contribution < 1.29 is 18.7 Å². The molecule has 4 rings (SSSR count). The molecule has 0 saturated carbocycles. The Hall–Kier alpha value is -3.20. The zero-order valence-electron chi connectivity index (χ0n) is 18.9. The van der Waals surface area contributed by atoms with Gasteiger partial charge in [-0.25, -0.2) is 0 Å². The number of amides is 1. The van der Waals surface area contributed by atoms with Gasteiger partial charge in [0.2, 0.25) is 5.91 Å². The first-order valence-corrected chi connectivity index (χ1v) is 12.0. The van der Waals surface area contributed by atoms with Crippen molar-refractivity contribution in [3.8, 4) is 23.0 Å². The molecule has 0 atom stereocenters. The highest BCUT2D eigenvalue weighted by atomic mass is 32.2. The Morgan fingerprint density at radius 3 is 2.48 bits per heavy atom. The maximum Gasteiger partial charge on any atom is 0.277 e. The lowest BCUT2D eigenvalue weighted by Gasteiger charge is -2.22. The van der Waals surface area contributed by atoms with Crippen LogP contribution in [-0.4, -0.2) is 49.2 Å². The van der Waals surface area contributed by atoms with Crippen molar-refractivity contribution in [1.29, 1.82) is 0 Å². The van der Waals surface area contributed by atoms with Gasteiger partial charge in [0.05, 0.1) is 25.5 Å². The zero-order valence-corrected chi connectivity index (χ0v) is 19.7. The third-order valence-electron chi connectivity index (χ3n) is 5.49. The number of nitrogens with zero attached hydrogens (tertiary/aromatic N) is 3. The van der Waals surface area contributed by atoms with Gasteiger partial charge < -0.3 is 24.1 Å². The summed E-state index contributed by atoms with van der Waals surface area (Å²) < 4.78 is 16.3. The second-order valence-electron chi connectivity index (χ2n) is 7.72. The average Bonchev–Trinajstić information content (AvgIpc) is 3.15. The van der Waals surface area contributed by atoms with Gasteiger partial charge in [0.15, 0.2) is 0 Å². The molecule has 9 heteroatoms. The van der Waals surface area contributed by atoms with Crippen LogP contribution in [0.2, 0.25) is 0 Å². The maximum atomic E-state index is 12.4. The molecule has 1 fully saturated rings. The first-order valence-electron chi connectivity index (χ1n) is 11.0. The van der Waals surface area contributed by atoms with Crippen LogP contribution in [0.15, 0.2) is 52.1 Å². The van der Waals surface area contributed by atoms with Gasteiger partial charge in [0.25, 0.3) is 11.1 Å². The molecular weight excluding hydrogens is 440 g/mol. The number of rotatable bonds is 8. The molecular formula is C24H28N4O4S. The van der Waals surface area contributed by atoms with Crippen molar-refractivity contribution in [2.45, 2.75) is 30.9 Å². The molecule has 0 bridgehead atoms. The van der Waals surface area contributed by atoms with Crippen LogP contribution in [0.4, 0.5) is 11.4 Å². The first kappa shape index (κ1) is 23.0. The van der Waals surface area contributed by atoms with E-state index in [2.05, 4.69) is 32.5 Å². The first-order chi connectivity index (χ1) is 16.2. The van der Waals surface area contributed by atoms with Crippen molar-refractivity contribution in [2.24, 2.45) is 0 Å². The maximum absolute atomic E-state index is 12.4. The SMILES string of the molecule is COc1ccc(-c2nnc(SCC(=O)Nc3ccc(N4CCCCCC4)cc3)o2)c(OC)c1. The van der Waals surface area contributed by atoms with Crippen molar-refractivity contribution in [3.05, 3.63) is 42.5 Å². The molecule has 1 aromatic heterocycles. The molecule has 1 aliphatic heterocycles. The minimum atomic E-state index is -0.135. The molecule has 1 saturated heterocycles. The summed E-state index contributed by atoms with van der Waals surface area (Å²) in [6.45, 7) is 2.19. The normalized spacial score (nSPS) is 13.9. The molecule has 3 aromatic rings. The lowest BCUT2D eigenvalue weighted by atomic mass is 10.2. The third kappa shape index (κ3) is 5.98. The van der Waals surface area contributed by atoms with Crippen LogP contribution in [0.1, 0.15) is 25.7 Å². The van der Waals surface area contributed by atoms with Gasteiger partial charge in [0, 0.05) is 30.5 Å². The fourth-order valence-electron chi connectivity index (χ4n) is 3.76. The van der Waals surface area contributed by atoms with Crippen LogP contribution in [0, 0.1) is 0 Å². The van der Waals surface area contributed by atoms with E-state index in [1.807, 2.05) is 12.1 Å². The van der Waals surface area contributed by atoms with Gasteiger partial charge in [0.1, 0.15) is 11.5 Å². The van der Waals surface area contributed by atoms with Crippen molar-refractivity contribution in [2.75, 3.05) is 43.3 Å².